The van der Waals surface area contributed by atoms with Gasteiger partial charge >= 0.3 is 0 Å². The maximum Gasteiger partial charge on any atom is 0.135 e. The van der Waals surface area contributed by atoms with Crippen molar-refractivity contribution in [2.75, 3.05) is 4.90 Å². The zero-order chi connectivity index (χ0) is 29.2. The summed E-state index contributed by atoms with van der Waals surface area (Å²) < 4.78 is 22.9. The Morgan fingerprint density at radius 1 is 0.500 bits per heavy atom. The number of benzene rings is 7. The van der Waals surface area contributed by atoms with E-state index in [-0.39, 0.29) is 5.82 Å². The van der Waals surface area contributed by atoms with Crippen LogP contribution in [-0.2, 0) is 0 Å². The molecule has 0 spiro atoms. The fourth-order valence-electron chi connectivity index (χ4n) is 6.73. The van der Waals surface area contributed by atoms with Crippen LogP contribution in [0, 0.1) is 5.82 Å². The predicted octanol–water partition coefficient (Wildman–Crippen LogP) is 11.3. The summed E-state index contributed by atoms with van der Waals surface area (Å²) in [6, 6.07) is 51.0. The molecule has 0 fully saturated rings. The van der Waals surface area contributed by atoms with E-state index in [1.54, 1.807) is 0 Å². The minimum absolute atomic E-state index is 0.267. The van der Waals surface area contributed by atoms with Crippen molar-refractivity contribution in [1.29, 1.82) is 0 Å². The summed E-state index contributed by atoms with van der Waals surface area (Å²) in [5.74, 6) is 1.42. The molecule has 0 aliphatic carbocycles. The van der Waals surface area contributed by atoms with Crippen molar-refractivity contribution >= 4 is 49.6 Å². The molecule has 0 amide bonds. The van der Waals surface area contributed by atoms with Crippen molar-refractivity contribution in [3.05, 3.63) is 157 Å². The van der Waals surface area contributed by atoms with Crippen molar-refractivity contribution in [3.63, 3.8) is 0 Å². The van der Waals surface area contributed by atoms with Gasteiger partial charge in [0.1, 0.15) is 17.3 Å². The first-order chi connectivity index (χ1) is 21.7. The van der Waals surface area contributed by atoms with Crippen molar-refractivity contribution in [2.45, 2.75) is 0 Å². The van der Waals surface area contributed by atoms with Gasteiger partial charge in [0.15, 0.2) is 0 Å². The van der Waals surface area contributed by atoms with E-state index in [0.29, 0.717) is 0 Å². The second kappa shape index (κ2) is 9.58. The largest absolute Gasteiger partial charge is 0.456 e. The molecule has 2 heterocycles. The quantitative estimate of drug-likeness (QED) is 0.210. The first-order valence-electron chi connectivity index (χ1n) is 14.7. The molecule has 1 aromatic heterocycles. The zero-order valence-corrected chi connectivity index (χ0v) is 23.6. The molecule has 0 bridgehead atoms. The van der Waals surface area contributed by atoms with Gasteiger partial charge in [0.25, 0.3) is 0 Å². The smallest absolute Gasteiger partial charge is 0.135 e. The molecule has 9 rings (SSSR count). The van der Waals surface area contributed by atoms with Crippen molar-refractivity contribution < 1.29 is 9.13 Å². The monoisotopic (exact) mass is 568 g/mol. The van der Waals surface area contributed by atoms with Crippen LogP contribution in [0.4, 0.5) is 21.5 Å². The van der Waals surface area contributed by atoms with E-state index in [4.69, 9.17) is 4.74 Å². The lowest BCUT2D eigenvalue weighted by atomic mass is 9.93. The van der Waals surface area contributed by atoms with Gasteiger partial charge in [-0.25, -0.2) is 4.39 Å². The van der Waals surface area contributed by atoms with Crippen LogP contribution in [0.5, 0.6) is 11.5 Å². The van der Waals surface area contributed by atoms with Gasteiger partial charge in [0, 0.05) is 44.2 Å². The van der Waals surface area contributed by atoms with Gasteiger partial charge in [0.05, 0.1) is 16.7 Å². The number of aromatic nitrogens is 1. The third kappa shape index (κ3) is 3.68. The average Bonchev–Trinajstić information content (AvgIpc) is 3.41. The lowest BCUT2D eigenvalue weighted by Crippen LogP contribution is -2.11. The average molecular weight is 569 g/mol. The number of anilines is 3. The first kappa shape index (κ1) is 24.7. The molecule has 1 aliphatic rings. The molecular formula is C40H25FN2O. The Balaban J connectivity index is 1.31. The molecule has 44 heavy (non-hydrogen) atoms. The molecule has 0 saturated carbocycles. The van der Waals surface area contributed by atoms with Gasteiger partial charge in [-0.2, -0.15) is 0 Å². The summed E-state index contributed by atoms with van der Waals surface area (Å²) in [6.07, 6.45) is 0. The van der Waals surface area contributed by atoms with Crippen LogP contribution in [0.1, 0.15) is 0 Å². The molecule has 208 valence electrons. The third-order valence-corrected chi connectivity index (χ3v) is 8.63. The van der Waals surface area contributed by atoms with Gasteiger partial charge in [-0.3, -0.25) is 0 Å². The van der Waals surface area contributed by atoms with E-state index in [1.807, 2.05) is 48.5 Å². The van der Waals surface area contributed by atoms with Crippen LogP contribution in [-0.4, -0.2) is 4.57 Å². The van der Waals surface area contributed by atoms with E-state index in [0.717, 1.165) is 72.6 Å². The zero-order valence-electron chi connectivity index (χ0n) is 23.6. The molecule has 0 radical (unpaired) electrons. The molecule has 0 atom stereocenters. The Kier molecular flexibility index (Phi) is 5.38. The number of ether oxygens (including phenoxy) is 1. The second-order valence-corrected chi connectivity index (χ2v) is 11.1. The Labute approximate surface area is 253 Å². The molecule has 1 aliphatic heterocycles. The standard InChI is InChI=1S/C40H25FN2O/c41-26-17-19-28(20-18-26)42(36-24-22-32-31-12-5-7-15-38(31)44-39-16-8-13-33(36)40(32)39)29-21-23-37-34(25-29)30-11-4-6-14-35(30)43(37)27-9-2-1-3-10-27/h1-25H. The summed E-state index contributed by atoms with van der Waals surface area (Å²) in [5.41, 5.74) is 8.46. The van der Waals surface area contributed by atoms with Gasteiger partial charge in [-0.1, -0.05) is 72.8 Å². The summed E-state index contributed by atoms with van der Waals surface area (Å²) in [6.45, 7) is 0. The van der Waals surface area contributed by atoms with Gasteiger partial charge in [0.2, 0.25) is 0 Å². The number of nitrogens with zero attached hydrogens (tertiary/aromatic N) is 2. The molecular weight excluding hydrogens is 543 g/mol. The predicted molar refractivity (Wildman–Crippen MR) is 178 cm³/mol. The third-order valence-electron chi connectivity index (χ3n) is 8.63. The highest BCUT2D eigenvalue weighted by Gasteiger charge is 2.24. The minimum atomic E-state index is -0.267. The van der Waals surface area contributed by atoms with Crippen molar-refractivity contribution in [2.24, 2.45) is 0 Å². The lowest BCUT2D eigenvalue weighted by molar-refractivity contribution is 0.487. The second-order valence-electron chi connectivity index (χ2n) is 11.1. The SMILES string of the molecule is Fc1ccc(N(c2ccc3c(c2)c2ccccc2n3-c2ccccc2)c2ccc3c4c(cccc24)Oc2ccccc2-3)cc1. The Hall–Kier alpha value is -5.87. The lowest BCUT2D eigenvalue weighted by Gasteiger charge is -2.29. The maximum absolute atomic E-state index is 14.2. The van der Waals surface area contributed by atoms with E-state index in [9.17, 15) is 4.39 Å². The van der Waals surface area contributed by atoms with E-state index in [1.165, 1.54) is 17.5 Å². The molecule has 0 unspecified atom stereocenters. The normalized spacial score (nSPS) is 11.9. The molecule has 3 nitrogen and oxygen atoms in total. The van der Waals surface area contributed by atoms with E-state index in [2.05, 4.69) is 100 Å². The van der Waals surface area contributed by atoms with E-state index < -0.39 is 0 Å². The molecule has 8 aromatic rings. The van der Waals surface area contributed by atoms with Crippen LogP contribution in [0.15, 0.2) is 152 Å². The topological polar surface area (TPSA) is 17.4 Å². The van der Waals surface area contributed by atoms with Crippen LogP contribution in [0.2, 0.25) is 0 Å². The highest BCUT2D eigenvalue weighted by Crippen LogP contribution is 2.50. The fourth-order valence-corrected chi connectivity index (χ4v) is 6.73. The van der Waals surface area contributed by atoms with Crippen molar-refractivity contribution in [3.8, 4) is 28.3 Å². The summed E-state index contributed by atoms with van der Waals surface area (Å²) in [7, 11) is 0. The number of hydrogen-bond donors (Lipinski definition) is 0. The Morgan fingerprint density at radius 3 is 2.09 bits per heavy atom. The molecule has 7 aromatic carbocycles. The summed E-state index contributed by atoms with van der Waals surface area (Å²) >= 11 is 0. The van der Waals surface area contributed by atoms with Crippen LogP contribution < -0.4 is 9.64 Å². The Morgan fingerprint density at radius 2 is 1.20 bits per heavy atom. The van der Waals surface area contributed by atoms with Crippen molar-refractivity contribution in [1.82, 2.24) is 4.57 Å². The highest BCUT2D eigenvalue weighted by molar-refractivity contribution is 6.13. The number of fused-ring (bicyclic) bond motifs is 5. The molecule has 0 saturated heterocycles. The molecule has 0 N–H and O–H groups in total. The van der Waals surface area contributed by atoms with Gasteiger partial charge in [-0.05, 0) is 84.4 Å². The molecule has 4 heteroatoms. The highest BCUT2D eigenvalue weighted by atomic mass is 19.1. The van der Waals surface area contributed by atoms with E-state index >= 15 is 0 Å². The number of para-hydroxylation sites is 3. The number of rotatable bonds is 4. The first-order valence-corrected chi connectivity index (χ1v) is 14.7. The number of hydrogen-bond acceptors (Lipinski definition) is 2. The number of halogens is 1. The summed E-state index contributed by atoms with van der Waals surface area (Å²) in [4.78, 5) is 2.22. The summed E-state index contributed by atoms with van der Waals surface area (Å²) in [5, 5.41) is 4.45. The minimum Gasteiger partial charge on any atom is -0.456 e. The van der Waals surface area contributed by atoms with Crippen LogP contribution in [0.25, 0.3) is 49.4 Å². The van der Waals surface area contributed by atoms with Crippen LogP contribution >= 0.6 is 0 Å². The van der Waals surface area contributed by atoms with Gasteiger partial charge < -0.3 is 14.2 Å². The fraction of sp³-hybridized carbons (Fsp3) is 0. The Bertz CT molecular complexity index is 2370. The van der Waals surface area contributed by atoms with Crippen LogP contribution in [0.3, 0.4) is 0 Å². The van der Waals surface area contributed by atoms with Gasteiger partial charge in [-0.15, -0.1) is 0 Å². The maximum atomic E-state index is 14.2.